The highest BCUT2D eigenvalue weighted by Gasteiger charge is 2.18. The average molecular weight is 360 g/mol. The van der Waals surface area contributed by atoms with E-state index < -0.39 is 16.7 Å². The summed E-state index contributed by atoms with van der Waals surface area (Å²) in [6, 6.07) is 10.1. The molecule has 0 saturated carbocycles. The van der Waals surface area contributed by atoms with Crippen molar-refractivity contribution in [1.29, 1.82) is 0 Å². The molecule has 9 nitrogen and oxygen atoms in total. The van der Waals surface area contributed by atoms with Crippen LogP contribution >= 0.6 is 11.6 Å². The summed E-state index contributed by atoms with van der Waals surface area (Å²) in [5, 5.41) is 10.6. The Morgan fingerprint density at radius 1 is 1.08 bits per heavy atom. The Morgan fingerprint density at radius 3 is 2.44 bits per heavy atom. The average Bonchev–Trinajstić information content (AvgIpc) is 2.95. The Bertz CT molecular complexity index is 983. The van der Waals surface area contributed by atoms with Crippen LogP contribution in [-0.4, -0.2) is 26.1 Å². The summed E-state index contributed by atoms with van der Waals surface area (Å²) in [6.07, 6.45) is 1.61. The molecule has 2 aromatic heterocycles. The minimum Gasteiger partial charge on any atom is -0.294 e. The van der Waals surface area contributed by atoms with Gasteiger partial charge in [0.1, 0.15) is 5.65 Å². The molecule has 3 rings (SSSR count). The molecule has 10 heteroatoms. The Kier molecular flexibility index (Phi) is 4.31. The third-order valence-electron chi connectivity index (χ3n) is 3.33. The van der Waals surface area contributed by atoms with Gasteiger partial charge in [-0.05, 0) is 24.3 Å². The Hall–Kier alpha value is -3.46. The van der Waals surface area contributed by atoms with Gasteiger partial charge >= 0.3 is 0 Å². The minimum atomic E-state index is -0.654. The van der Waals surface area contributed by atoms with Gasteiger partial charge in [0.25, 0.3) is 17.5 Å². The first-order valence-corrected chi connectivity index (χ1v) is 7.33. The summed E-state index contributed by atoms with van der Waals surface area (Å²) in [7, 11) is 0. The van der Waals surface area contributed by atoms with Gasteiger partial charge in [-0.15, -0.1) is 0 Å². The summed E-state index contributed by atoms with van der Waals surface area (Å²) in [5.41, 5.74) is 5.02. The van der Waals surface area contributed by atoms with Crippen molar-refractivity contribution in [2.24, 2.45) is 0 Å². The highest BCUT2D eigenvalue weighted by molar-refractivity contribution is 6.32. The number of nitro groups is 1. The molecule has 126 valence electrons. The number of non-ortho nitro benzene ring substituents is 1. The number of pyridine rings is 1. The van der Waals surface area contributed by atoms with Crippen LogP contribution in [0.25, 0.3) is 5.65 Å². The van der Waals surface area contributed by atoms with Crippen molar-refractivity contribution in [3.8, 4) is 0 Å². The van der Waals surface area contributed by atoms with E-state index in [2.05, 4.69) is 15.8 Å². The van der Waals surface area contributed by atoms with Gasteiger partial charge in [-0.1, -0.05) is 17.7 Å². The number of nitrogens with one attached hydrogen (secondary N) is 2. The molecular weight excluding hydrogens is 350 g/mol. The van der Waals surface area contributed by atoms with Crippen LogP contribution in [0.1, 0.15) is 20.8 Å². The molecule has 0 unspecified atom stereocenters. The van der Waals surface area contributed by atoms with Gasteiger partial charge in [0, 0.05) is 23.9 Å². The van der Waals surface area contributed by atoms with Crippen molar-refractivity contribution in [1.82, 2.24) is 20.2 Å². The van der Waals surface area contributed by atoms with E-state index in [1.165, 1.54) is 28.7 Å². The summed E-state index contributed by atoms with van der Waals surface area (Å²) >= 11 is 5.97. The normalized spacial score (nSPS) is 10.4. The van der Waals surface area contributed by atoms with Crippen LogP contribution in [0.5, 0.6) is 0 Å². The van der Waals surface area contributed by atoms with Gasteiger partial charge in [-0.3, -0.25) is 35.0 Å². The van der Waals surface area contributed by atoms with Gasteiger partial charge in [0.15, 0.2) is 10.8 Å². The van der Waals surface area contributed by atoms with E-state index in [1.807, 2.05) is 0 Å². The molecule has 0 aliphatic rings. The van der Waals surface area contributed by atoms with Crippen LogP contribution in [0.2, 0.25) is 5.15 Å². The highest BCUT2D eigenvalue weighted by atomic mass is 35.5. The first-order chi connectivity index (χ1) is 12.0. The molecule has 1 aromatic carbocycles. The summed E-state index contributed by atoms with van der Waals surface area (Å²) in [5.74, 6) is -1.29. The van der Waals surface area contributed by atoms with Gasteiger partial charge in [-0.2, -0.15) is 0 Å². The molecule has 0 saturated heterocycles. The Labute approximate surface area is 145 Å². The number of fused-ring (bicyclic) bond motifs is 1. The maximum atomic E-state index is 12.3. The van der Waals surface area contributed by atoms with Crippen LogP contribution in [0.15, 0.2) is 48.7 Å². The first-order valence-electron chi connectivity index (χ1n) is 6.95. The number of nitro benzene ring substituents is 1. The van der Waals surface area contributed by atoms with Gasteiger partial charge in [0.05, 0.1) is 4.92 Å². The number of hydrogen-bond donors (Lipinski definition) is 2. The summed E-state index contributed by atoms with van der Waals surface area (Å²) in [6.45, 7) is 0. The fraction of sp³-hybridized carbons (Fsp3) is 0. The molecule has 2 N–H and O–H groups in total. The van der Waals surface area contributed by atoms with Gasteiger partial charge < -0.3 is 0 Å². The first kappa shape index (κ1) is 16.4. The standard InChI is InChI=1S/C15H10ClN5O4/c16-13-12(20-8-2-1-3-11(20)17-13)15(23)19-18-14(22)9-4-6-10(7-5-9)21(24)25/h1-8H,(H,18,22)(H,19,23). The molecule has 0 aliphatic heterocycles. The second kappa shape index (κ2) is 6.57. The van der Waals surface area contributed by atoms with Gasteiger partial charge in [0.2, 0.25) is 0 Å². The lowest BCUT2D eigenvalue weighted by Gasteiger charge is -2.07. The zero-order valence-electron chi connectivity index (χ0n) is 12.5. The molecule has 0 spiro atoms. The lowest BCUT2D eigenvalue weighted by molar-refractivity contribution is -0.384. The molecule has 25 heavy (non-hydrogen) atoms. The third kappa shape index (κ3) is 3.26. The maximum Gasteiger partial charge on any atom is 0.289 e. The van der Waals surface area contributed by atoms with Crippen molar-refractivity contribution >= 4 is 34.7 Å². The fourth-order valence-corrected chi connectivity index (χ4v) is 2.41. The van der Waals surface area contributed by atoms with Crippen LogP contribution in [0.4, 0.5) is 5.69 Å². The number of benzene rings is 1. The topological polar surface area (TPSA) is 119 Å². The molecule has 2 amide bonds. The molecular formula is C15H10ClN5O4. The molecule has 2 heterocycles. The van der Waals surface area contributed by atoms with Gasteiger partial charge in [-0.25, -0.2) is 4.98 Å². The Balaban J connectivity index is 1.72. The van der Waals surface area contributed by atoms with E-state index in [0.29, 0.717) is 5.65 Å². The lowest BCUT2D eigenvalue weighted by Crippen LogP contribution is -2.42. The number of imidazole rings is 1. The SMILES string of the molecule is O=C(NNC(=O)c1c(Cl)nc2ccccn12)c1ccc([N+](=O)[O-])cc1. The Morgan fingerprint density at radius 2 is 1.76 bits per heavy atom. The highest BCUT2D eigenvalue weighted by Crippen LogP contribution is 2.17. The number of nitrogens with zero attached hydrogens (tertiary/aromatic N) is 3. The molecule has 3 aromatic rings. The van der Waals surface area contributed by atoms with E-state index in [1.54, 1.807) is 24.4 Å². The predicted octanol–water partition coefficient (Wildman–Crippen LogP) is 1.97. The van der Waals surface area contributed by atoms with Crippen LogP contribution in [-0.2, 0) is 0 Å². The number of aromatic nitrogens is 2. The van der Waals surface area contributed by atoms with Crippen LogP contribution in [0, 0.1) is 10.1 Å². The van der Waals surface area contributed by atoms with Crippen LogP contribution in [0.3, 0.4) is 0 Å². The summed E-state index contributed by atoms with van der Waals surface area (Å²) < 4.78 is 1.48. The number of carbonyl (C=O) groups is 2. The predicted molar refractivity (Wildman–Crippen MR) is 88.2 cm³/mol. The monoisotopic (exact) mass is 359 g/mol. The van der Waals surface area contributed by atoms with E-state index in [9.17, 15) is 19.7 Å². The largest absolute Gasteiger partial charge is 0.294 e. The van der Waals surface area contributed by atoms with Crippen molar-refractivity contribution < 1.29 is 14.5 Å². The van der Waals surface area contributed by atoms with E-state index in [4.69, 9.17) is 11.6 Å². The smallest absolute Gasteiger partial charge is 0.289 e. The summed E-state index contributed by atoms with van der Waals surface area (Å²) in [4.78, 5) is 38.3. The lowest BCUT2D eigenvalue weighted by atomic mass is 10.2. The second-order valence-corrected chi connectivity index (χ2v) is 5.25. The zero-order chi connectivity index (χ0) is 18.0. The van der Waals surface area contributed by atoms with Crippen molar-refractivity contribution in [3.05, 3.63) is 75.2 Å². The number of hydrogen-bond acceptors (Lipinski definition) is 5. The van der Waals surface area contributed by atoms with E-state index >= 15 is 0 Å². The second-order valence-electron chi connectivity index (χ2n) is 4.89. The van der Waals surface area contributed by atoms with Crippen LogP contribution < -0.4 is 10.9 Å². The number of rotatable bonds is 3. The number of amides is 2. The van der Waals surface area contributed by atoms with Crippen molar-refractivity contribution in [3.63, 3.8) is 0 Å². The third-order valence-corrected chi connectivity index (χ3v) is 3.60. The molecule has 0 bridgehead atoms. The van der Waals surface area contributed by atoms with Crippen molar-refractivity contribution in [2.75, 3.05) is 0 Å². The molecule has 0 atom stereocenters. The number of halogens is 1. The fourth-order valence-electron chi connectivity index (χ4n) is 2.15. The maximum absolute atomic E-state index is 12.3. The number of carbonyl (C=O) groups excluding carboxylic acids is 2. The molecule has 0 radical (unpaired) electrons. The molecule has 0 fully saturated rings. The minimum absolute atomic E-state index is 0.00622. The quantitative estimate of drug-likeness (QED) is 0.547. The van der Waals surface area contributed by atoms with E-state index in [-0.39, 0.29) is 22.1 Å². The zero-order valence-corrected chi connectivity index (χ0v) is 13.2. The molecule has 0 aliphatic carbocycles. The van der Waals surface area contributed by atoms with Crippen molar-refractivity contribution in [2.45, 2.75) is 0 Å². The van der Waals surface area contributed by atoms with E-state index in [0.717, 1.165) is 0 Å². The number of hydrazine groups is 1.